The highest BCUT2D eigenvalue weighted by atomic mass is 32.1. The molecule has 5 heteroatoms. The van der Waals surface area contributed by atoms with E-state index < -0.39 is 8.07 Å². The van der Waals surface area contributed by atoms with Gasteiger partial charge in [0.15, 0.2) is 13.9 Å². The molecule has 12 aromatic carbocycles. The summed E-state index contributed by atoms with van der Waals surface area (Å²) in [6.45, 7) is 0. The molecule has 0 saturated carbocycles. The fourth-order valence-electron chi connectivity index (χ4n) is 11.5. The summed E-state index contributed by atoms with van der Waals surface area (Å²) >= 11 is 1.83. The molecule has 0 fully saturated rings. The lowest BCUT2D eigenvalue weighted by atomic mass is 9.91. The number of nitrogens with one attached hydrogen (secondary N) is 1. The van der Waals surface area contributed by atoms with E-state index in [0.29, 0.717) is 5.84 Å². The predicted molar refractivity (Wildman–Crippen MR) is 318 cm³/mol. The number of thiophene rings is 1. The Labute approximate surface area is 435 Å². The van der Waals surface area contributed by atoms with Gasteiger partial charge in [0, 0.05) is 31.3 Å². The molecule has 0 spiro atoms. The van der Waals surface area contributed by atoms with Crippen molar-refractivity contribution in [2.75, 3.05) is 0 Å². The van der Waals surface area contributed by atoms with Gasteiger partial charge < -0.3 is 5.32 Å². The number of aliphatic imine (C=N–C) groups is 2. The largest absolute Gasteiger partial charge is 0.344 e. The third kappa shape index (κ3) is 7.47. The van der Waals surface area contributed by atoms with Gasteiger partial charge in [-0.1, -0.05) is 243 Å². The first-order chi connectivity index (χ1) is 36.7. The lowest BCUT2D eigenvalue weighted by Gasteiger charge is -2.34. The third-order valence-electron chi connectivity index (χ3n) is 15.1. The molecule has 1 aliphatic heterocycles. The minimum atomic E-state index is -2.70. The first-order valence-corrected chi connectivity index (χ1v) is 28.1. The number of amidine groups is 2. The minimum absolute atomic E-state index is 0.310. The molecule has 13 aromatic rings. The fourth-order valence-corrected chi connectivity index (χ4v) is 17.4. The zero-order valence-electron chi connectivity index (χ0n) is 40.4. The smallest absolute Gasteiger partial charge is 0.179 e. The van der Waals surface area contributed by atoms with Crippen LogP contribution in [0.4, 0.5) is 0 Å². The first-order valence-electron chi connectivity index (χ1n) is 25.3. The van der Waals surface area contributed by atoms with Gasteiger partial charge in [0.1, 0.15) is 12.0 Å². The van der Waals surface area contributed by atoms with Crippen LogP contribution in [0.15, 0.2) is 283 Å². The second-order valence-electron chi connectivity index (χ2n) is 19.3. The number of fused-ring (bicyclic) bond motifs is 9. The molecular formula is C69H47N3SSi. The van der Waals surface area contributed by atoms with Crippen LogP contribution >= 0.6 is 11.3 Å². The Morgan fingerprint density at radius 3 is 1.35 bits per heavy atom. The molecule has 0 aliphatic carbocycles. The molecule has 0 amide bonds. The number of hydrogen-bond acceptors (Lipinski definition) is 4. The van der Waals surface area contributed by atoms with E-state index in [2.05, 4.69) is 278 Å². The van der Waals surface area contributed by atoms with Gasteiger partial charge in [-0.25, -0.2) is 9.98 Å². The normalized spacial score (nSPS) is 13.8. The Hall–Kier alpha value is -9.00. The van der Waals surface area contributed by atoms with Gasteiger partial charge in [-0.05, 0) is 111 Å². The summed E-state index contributed by atoms with van der Waals surface area (Å²) in [5, 5.41) is 19.3. The van der Waals surface area contributed by atoms with Crippen LogP contribution in [0.2, 0.25) is 0 Å². The summed E-state index contributed by atoms with van der Waals surface area (Å²) < 4.78 is 2.48. The van der Waals surface area contributed by atoms with E-state index in [-0.39, 0.29) is 6.17 Å². The van der Waals surface area contributed by atoms with Crippen molar-refractivity contribution in [3.05, 3.63) is 290 Å². The van der Waals surface area contributed by atoms with Crippen LogP contribution in [0.5, 0.6) is 0 Å². The van der Waals surface area contributed by atoms with E-state index in [1.165, 1.54) is 95.5 Å². The second kappa shape index (κ2) is 18.2. The van der Waals surface area contributed by atoms with Crippen molar-refractivity contribution in [2.45, 2.75) is 6.17 Å². The fraction of sp³-hybridized carbons (Fsp3) is 0.0145. The molecule has 3 nitrogen and oxygen atoms in total. The van der Waals surface area contributed by atoms with Gasteiger partial charge in [0.25, 0.3) is 0 Å². The molecule has 1 aliphatic rings. The van der Waals surface area contributed by atoms with Gasteiger partial charge in [0.2, 0.25) is 0 Å². The number of rotatable bonds is 9. The summed E-state index contributed by atoms with van der Waals surface area (Å²) in [7, 11) is -2.70. The monoisotopic (exact) mass is 977 g/mol. The topological polar surface area (TPSA) is 36.8 Å². The van der Waals surface area contributed by atoms with Crippen molar-refractivity contribution < 1.29 is 0 Å². The zero-order chi connectivity index (χ0) is 49.0. The van der Waals surface area contributed by atoms with Crippen LogP contribution in [0.3, 0.4) is 0 Å². The van der Waals surface area contributed by atoms with Gasteiger partial charge >= 0.3 is 0 Å². The molecule has 74 heavy (non-hydrogen) atoms. The molecule has 1 atom stereocenters. The van der Waals surface area contributed by atoms with Crippen LogP contribution in [0, 0.1) is 0 Å². The van der Waals surface area contributed by atoms with E-state index in [1.54, 1.807) is 0 Å². The highest BCUT2D eigenvalue weighted by molar-refractivity contribution is 7.25. The molecule has 2 heterocycles. The minimum Gasteiger partial charge on any atom is -0.344 e. The van der Waals surface area contributed by atoms with E-state index in [9.17, 15) is 0 Å². The van der Waals surface area contributed by atoms with Crippen LogP contribution < -0.4 is 26.1 Å². The average molecular weight is 978 g/mol. The van der Waals surface area contributed by atoms with Crippen molar-refractivity contribution in [2.24, 2.45) is 9.98 Å². The van der Waals surface area contributed by atoms with Crippen LogP contribution in [0.1, 0.15) is 22.9 Å². The summed E-state index contributed by atoms with van der Waals surface area (Å²) in [6.07, 6.45) is -0.310. The predicted octanol–water partition coefficient (Wildman–Crippen LogP) is 14.7. The average Bonchev–Trinajstić information content (AvgIpc) is 3.86. The second-order valence-corrected chi connectivity index (χ2v) is 24.1. The van der Waals surface area contributed by atoms with Gasteiger partial charge in [0.05, 0.1) is 0 Å². The molecular weight excluding hydrogens is 931 g/mol. The van der Waals surface area contributed by atoms with Crippen LogP contribution in [-0.4, -0.2) is 19.7 Å². The van der Waals surface area contributed by atoms with Gasteiger partial charge in [-0.3, -0.25) is 0 Å². The maximum absolute atomic E-state index is 5.33. The van der Waals surface area contributed by atoms with E-state index in [0.717, 1.165) is 22.5 Å². The summed E-state index contributed by atoms with van der Waals surface area (Å²) in [5.41, 5.74) is 7.91. The third-order valence-corrected chi connectivity index (χ3v) is 21.0. The maximum Gasteiger partial charge on any atom is 0.179 e. The van der Waals surface area contributed by atoms with Crippen molar-refractivity contribution in [1.82, 2.24) is 5.32 Å². The Bertz CT molecular complexity index is 4190. The van der Waals surface area contributed by atoms with Crippen LogP contribution in [0.25, 0.3) is 74.7 Å². The number of nitrogens with zero attached hydrogens (tertiary/aromatic N) is 2. The molecule has 348 valence electrons. The molecule has 0 saturated heterocycles. The highest BCUT2D eigenvalue weighted by Crippen LogP contribution is 2.40. The summed E-state index contributed by atoms with van der Waals surface area (Å²) in [4.78, 5) is 10.6. The quantitative estimate of drug-likeness (QED) is 0.0873. The Balaban J connectivity index is 0.815. The molecule has 1 aromatic heterocycles. The molecule has 14 rings (SSSR count). The van der Waals surface area contributed by atoms with Crippen LogP contribution in [-0.2, 0) is 0 Å². The molecule has 1 unspecified atom stereocenters. The molecule has 0 bridgehead atoms. The van der Waals surface area contributed by atoms with Crippen molar-refractivity contribution in [3.8, 4) is 22.3 Å². The highest BCUT2D eigenvalue weighted by Gasteiger charge is 2.41. The summed E-state index contributed by atoms with van der Waals surface area (Å²) in [6, 6.07) is 100. The lowest BCUT2D eigenvalue weighted by Crippen LogP contribution is -2.74. The van der Waals surface area contributed by atoms with E-state index in [4.69, 9.17) is 9.98 Å². The Kier molecular flexibility index (Phi) is 10.8. The zero-order valence-corrected chi connectivity index (χ0v) is 42.2. The van der Waals surface area contributed by atoms with Gasteiger partial charge in [-0.2, -0.15) is 0 Å². The Morgan fingerprint density at radius 1 is 0.311 bits per heavy atom. The first kappa shape index (κ1) is 43.8. The maximum atomic E-state index is 5.33. The van der Waals surface area contributed by atoms with E-state index in [1.807, 2.05) is 11.3 Å². The number of benzene rings is 12. The van der Waals surface area contributed by atoms with E-state index >= 15 is 0 Å². The SMILES string of the molecule is c1ccc(C2N=C(c3ccc([Si](c4ccccc4)(c4ccccc4)c4ccccc4)cc3)N=C(c3ccc4c(c3)sc3ccc(-c5cccc(-c6ccc7c8ccccc8c8ccccc8c7c6)c5)cc34)N2)cc1. The molecule has 0 radical (unpaired) electrons. The molecule has 1 N–H and O–H groups in total. The van der Waals surface area contributed by atoms with Crippen molar-refractivity contribution >= 4 is 104 Å². The van der Waals surface area contributed by atoms with Gasteiger partial charge in [-0.15, -0.1) is 11.3 Å². The standard InChI is InChI=1S/C69H47N3SSi/c1-5-18-46(19-6-1)67-70-68(47-32-37-56(38-33-47)74(53-22-7-2-8-23-53,54-24-9-3-10-25-54)55-26-11-4-12-27-55)72-69(71-67)52-35-40-62-64-44-51(36-41-65(64)73-66(62)45-52)49-21-17-20-48(42-49)50-34-39-61-59-30-14-13-28-57(59)58-29-15-16-31-60(58)63(61)43-50/h1-45,67H,(H,70,71,72). The van der Waals surface area contributed by atoms with Crippen molar-refractivity contribution in [3.63, 3.8) is 0 Å². The Morgan fingerprint density at radius 2 is 0.757 bits per heavy atom. The lowest BCUT2D eigenvalue weighted by molar-refractivity contribution is 0.674. The number of hydrogen-bond donors (Lipinski definition) is 1. The summed E-state index contributed by atoms with van der Waals surface area (Å²) in [5.74, 6) is 1.51. The van der Waals surface area contributed by atoms with Crippen molar-refractivity contribution in [1.29, 1.82) is 0 Å².